The van der Waals surface area contributed by atoms with Crippen molar-refractivity contribution in [2.24, 2.45) is 5.73 Å². The van der Waals surface area contributed by atoms with Gasteiger partial charge in [0.05, 0.1) is 0 Å². The highest BCUT2D eigenvalue weighted by molar-refractivity contribution is 7.80. The van der Waals surface area contributed by atoms with Gasteiger partial charge in [-0.15, -0.1) is 0 Å². The number of nitrogens with one attached hydrogen (secondary N) is 1. The third-order valence-corrected chi connectivity index (χ3v) is 2.36. The molecule has 0 aromatic heterocycles. The SMILES string of the molecule is NC(=S)NC(=O)CCC(=O)c1ccc(Cl)cc1. The van der Waals surface area contributed by atoms with Crippen molar-refractivity contribution in [1.29, 1.82) is 0 Å². The molecule has 0 atom stereocenters. The number of amides is 1. The molecule has 6 heteroatoms. The zero-order chi connectivity index (χ0) is 12.8. The lowest BCUT2D eigenvalue weighted by molar-refractivity contribution is -0.119. The second-order valence-electron chi connectivity index (χ2n) is 3.34. The molecular weight excluding hydrogens is 260 g/mol. The summed E-state index contributed by atoms with van der Waals surface area (Å²) >= 11 is 10.2. The minimum absolute atomic E-state index is 0.0544. The van der Waals surface area contributed by atoms with Crippen LogP contribution in [0.25, 0.3) is 0 Å². The summed E-state index contributed by atoms with van der Waals surface area (Å²) in [7, 11) is 0. The van der Waals surface area contributed by atoms with Crippen molar-refractivity contribution in [1.82, 2.24) is 5.32 Å². The number of hydrogen-bond donors (Lipinski definition) is 2. The fraction of sp³-hybridized carbons (Fsp3) is 0.182. The van der Waals surface area contributed by atoms with Crippen molar-refractivity contribution in [2.45, 2.75) is 12.8 Å². The number of hydrogen-bond acceptors (Lipinski definition) is 3. The first-order chi connectivity index (χ1) is 7.99. The lowest BCUT2D eigenvalue weighted by atomic mass is 10.1. The van der Waals surface area contributed by atoms with Crippen LogP contribution in [0.4, 0.5) is 0 Å². The van der Waals surface area contributed by atoms with Crippen LogP contribution < -0.4 is 11.1 Å². The van der Waals surface area contributed by atoms with Gasteiger partial charge >= 0.3 is 0 Å². The number of rotatable bonds is 4. The largest absolute Gasteiger partial charge is 0.376 e. The van der Waals surface area contributed by atoms with Crippen LogP contribution in [0, 0.1) is 0 Å². The maximum absolute atomic E-state index is 11.7. The van der Waals surface area contributed by atoms with Crippen molar-refractivity contribution in [3.05, 3.63) is 34.9 Å². The molecule has 3 N–H and O–H groups in total. The first kappa shape index (κ1) is 13.6. The summed E-state index contributed by atoms with van der Waals surface area (Å²) in [5, 5.41) is 2.73. The topological polar surface area (TPSA) is 72.2 Å². The average molecular weight is 271 g/mol. The fourth-order valence-corrected chi connectivity index (χ4v) is 1.45. The standard InChI is InChI=1S/C11H11ClN2O2S/c12-8-3-1-7(2-4-8)9(15)5-6-10(16)14-11(13)17/h1-4H,5-6H2,(H3,13,14,16,17). The van der Waals surface area contributed by atoms with E-state index in [0.29, 0.717) is 10.6 Å². The number of benzene rings is 1. The van der Waals surface area contributed by atoms with E-state index in [4.69, 9.17) is 17.3 Å². The molecule has 0 aliphatic carbocycles. The Morgan fingerprint density at radius 3 is 2.35 bits per heavy atom. The third-order valence-electron chi connectivity index (χ3n) is 2.01. The molecule has 0 saturated carbocycles. The molecule has 1 rings (SSSR count). The Bertz CT molecular complexity index is 445. The van der Waals surface area contributed by atoms with Crippen LogP contribution in [0.3, 0.4) is 0 Å². The average Bonchev–Trinajstić information content (AvgIpc) is 2.26. The Morgan fingerprint density at radius 1 is 1.24 bits per heavy atom. The van der Waals surface area contributed by atoms with E-state index >= 15 is 0 Å². The van der Waals surface area contributed by atoms with Crippen LogP contribution in [0.2, 0.25) is 5.02 Å². The quantitative estimate of drug-likeness (QED) is 0.645. The maximum Gasteiger partial charge on any atom is 0.226 e. The molecule has 0 aliphatic rings. The maximum atomic E-state index is 11.7. The molecule has 4 nitrogen and oxygen atoms in total. The molecule has 1 amide bonds. The summed E-state index contributed by atoms with van der Waals surface area (Å²) in [6, 6.07) is 6.50. The molecule has 0 bridgehead atoms. The summed E-state index contributed by atoms with van der Waals surface area (Å²) in [4.78, 5) is 22.9. The highest BCUT2D eigenvalue weighted by Gasteiger charge is 2.09. The van der Waals surface area contributed by atoms with Gasteiger partial charge in [-0.3, -0.25) is 9.59 Å². The van der Waals surface area contributed by atoms with Crippen molar-refractivity contribution in [2.75, 3.05) is 0 Å². The monoisotopic (exact) mass is 270 g/mol. The Kier molecular flexibility index (Phi) is 5.06. The Hall–Kier alpha value is -1.46. The molecular formula is C11H11ClN2O2S. The number of thiocarbonyl (C=S) groups is 1. The van der Waals surface area contributed by atoms with Gasteiger partial charge < -0.3 is 11.1 Å². The number of Topliss-reactive ketones (excluding diaryl/α,β-unsaturated/α-hetero) is 1. The van der Waals surface area contributed by atoms with Crippen molar-refractivity contribution in [3.8, 4) is 0 Å². The summed E-state index contributed by atoms with van der Waals surface area (Å²) in [5.41, 5.74) is 5.65. The summed E-state index contributed by atoms with van der Waals surface area (Å²) in [6.07, 6.45) is 0.162. The Labute approximate surface area is 109 Å². The highest BCUT2D eigenvalue weighted by Crippen LogP contribution is 2.11. The van der Waals surface area contributed by atoms with Crippen LogP contribution in [0.15, 0.2) is 24.3 Å². The predicted octanol–water partition coefficient (Wildman–Crippen LogP) is 1.66. The first-order valence-electron chi connectivity index (χ1n) is 4.87. The number of carbonyl (C=O) groups is 2. The smallest absolute Gasteiger partial charge is 0.226 e. The lowest BCUT2D eigenvalue weighted by Crippen LogP contribution is -2.34. The molecule has 17 heavy (non-hydrogen) atoms. The third kappa shape index (κ3) is 4.93. The molecule has 1 aromatic rings. The number of halogens is 1. The Balaban J connectivity index is 2.47. The Morgan fingerprint density at radius 2 is 1.82 bits per heavy atom. The fourth-order valence-electron chi connectivity index (χ4n) is 1.21. The van der Waals surface area contributed by atoms with Gasteiger partial charge in [0.2, 0.25) is 5.91 Å². The summed E-state index contributed by atoms with van der Waals surface area (Å²) in [6.45, 7) is 0. The zero-order valence-corrected chi connectivity index (χ0v) is 10.5. The molecule has 1 aromatic carbocycles. The van der Waals surface area contributed by atoms with Gasteiger partial charge in [0, 0.05) is 23.4 Å². The van der Waals surface area contributed by atoms with Gasteiger partial charge in [-0.05, 0) is 36.5 Å². The van der Waals surface area contributed by atoms with Gasteiger partial charge in [0.15, 0.2) is 10.9 Å². The van der Waals surface area contributed by atoms with Crippen molar-refractivity contribution in [3.63, 3.8) is 0 Å². The minimum Gasteiger partial charge on any atom is -0.376 e. The van der Waals surface area contributed by atoms with E-state index in [0.717, 1.165) is 0 Å². The predicted molar refractivity (Wildman–Crippen MR) is 69.9 cm³/mol. The molecule has 0 unspecified atom stereocenters. The van der Waals surface area contributed by atoms with Crippen LogP contribution in [-0.2, 0) is 4.79 Å². The lowest BCUT2D eigenvalue weighted by Gasteiger charge is -2.02. The molecule has 90 valence electrons. The van der Waals surface area contributed by atoms with E-state index in [-0.39, 0.29) is 29.6 Å². The summed E-state index contributed by atoms with van der Waals surface area (Å²) in [5.74, 6) is -0.487. The van der Waals surface area contributed by atoms with E-state index in [9.17, 15) is 9.59 Å². The molecule has 0 radical (unpaired) electrons. The first-order valence-corrected chi connectivity index (χ1v) is 5.65. The number of carbonyl (C=O) groups excluding carboxylic acids is 2. The van der Waals surface area contributed by atoms with Gasteiger partial charge in [0.25, 0.3) is 0 Å². The van der Waals surface area contributed by atoms with Crippen LogP contribution in [0.5, 0.6) is 0 Å². The molecule has 0 saturated heterocycles. The van der Waals surface area contributed by atoms with E-state index in [1.54, 1.807) is 24.3 Å². The molecule has 0 spiro atoms. The second-order valence-corrected chi connectivity index (χ2v) is 4.22. The van der Waals surface area contributed by atoms with Gasteiger partial charge in [-0.1, -0.05) is 11.6 Å². The minimum atomic E-state index is -0.361. The van der Waals surface area contributed by atoms with E-state index < -0.39 is 0 Å². The zero-order valence-electron chi connectivity index (χ0n) is 8.90. The van der Waals surface area contributed by atoms with Gasteiger partial charge in [0.1, 0.15) is 0 Å². The summed E-state index contributed by atoms with van der Waals surface area (Å²) < 4.78 is 0. The van der Waals surface area contributed by atoms with Crippen molar-refractivity contribution < 1.29 is 9.59 Å². The highest BCUT2D eigenvalue weighted by atomic mass is 35.5. The van der Waals surface area contributed by atoms with Crippen LogP contribution in [-0.4, -0.2) is 16.8 Å². The van der Waals surface area contributed by atoms with E-state index in [1.165, 1.54) is 0 Å². The molecule has 0 fully saturated rings. The number of nitrogens with two attached hydrogens (primary N) is 1. The normalized spacial score (nSPS) is 9.71. The van der Waals surface area contributed by atoms with Gasteiger partial charge in [-0.2, -0.15) is 0 Å². The van der Waals surface area contributed by atoms with Gasteiger partial charge in [-0.25, -0.2) is 0 Å². The second kappa shape index (κ2) is 6.32. The van der Waals surface area contributed by atoms with E-state index in [2.05, 4.69) is 17.5 Å². The van der Waals surface area contributed by atoms with Crippen LogP contribution >= 0.6 is 23.8 Å². The number of ketones is 1. The molecule has 0 aliphatic heterocycles. The van der Waals surface area contributed by atoms with Crippen molar-refractivity contribution >= 4 is 40.6 Å². The molecule has 0 heterocycles. The van der Waals surface area contributed by atoms with Crippen LogP contribution in [0.1, 0.15) is 23.2 Å². The van der Waals surface area contributed by atoms with E-state index in [1.807, 2.05) is 0 Å².